The van der Waals surface area contributed by atoms with Gasteiger partial charge in [-0.25, -0.2) is 0 Å². The van der Waals surface area contributed by atoms with Crippen LogP contribution in [0.25, 0.3) is 0 Å². The zero-order valence-electron chi connectivity index (χ0n) is 12.2. The first-order valence-electron chi connectivity index (χ1n) is 7.38. The zero-order chi connectivity index (χ0) is 14.4. The quantitative estimate of drug-likeness (QED) is 0.775. The van der Waals surface area contributed by atoms with Gasteiger partial charge in [-0.2, -0.15) is 5.26 Å². The second-order valence-corrected chi connectivity index (χ2v) is 5.80. The first-order chi connectivity index (χ1) is 9.08. The molecule has 1 amide bonds. The van der Waals surface area contributed by atoms with Crippen LogP contribution in [-0.4, -0.2) is 24.2 Å². The highest BCUT2D eigenvalue weighted by molar-refractivity contribution is 5.85. The third kappa shape index (κ3) is 3.48. The number of nitrogens with one attached hydrogen (secondary N) is 1. The molecule has 0 radical (unpaired) electrons. The molecular formula is C15H26N2O2. The van der Waals surface area contributed by atoms with Crippen molar-refractivity contribution in [3.63, 3.8) is 0 Å². The summed E-state index contributed by atoms with van der Waals surface area (Å²) in [6, 6.07) is 2.16. The topological polar surface area (TPSA) is 73.1 Å². The van der Waals surface area contributed by atoms with Gasteiger partial charge < -0.3 is 10.4 Å². The molecule has 0 aromatic rings. The maximum atomic E-state index is 12.2. The first-order valence-corrected chi connectivity index (χ1v) is 7.38. The highest BCUT2D eigenvalue weighted by Crippen LogP contribution is 2.35. The van der Waals surface area contributed by atoms with Crippen LogP contribution in [0.1, 0.15) is 58.8 Å². The largest absolute Gasteiger partial charge is 0.396 e. The van der Waals surface area contributed by atoms with Gasteiger partial charge in [0.15, 0.2) is 0 Å². The maximum Gasteiger partial charge on any atom is 0.240 e. The van der Waals surface area contributed by atoms with Crippen molar-refractivity contribution in [3.05, 3.63) is 0 Å². The number of hydrogen-bond donors (Lipinski definition) is 2. The van der Waals surface area contributed by atoms with Gasteiger partial charge in [-0.1, -0.05) is 33.1 Å². The van der Waals surface area contributed by atoms with E-state index in [1.807, 2.05) is 13.8 Å². The summed E-state index contributed by atoms with van der Waals surface area (Å²) in [5.74, 6) is -0.182. The number of amides is 1. The Morgan fingerprint density at radius 3 is 2.32 bits per heavy atom. The Morgan fingerprint density at radius 1 is 1.32 bits per heavy atom. The minimum Gasteiger partial charge on any atom is -0.396 e. The third-order valence-corrected chi connectivity index (χ3v) is 4.73. The number of aliphatic hydroxyl groups excluding tert-OH is 1. The lowest BCUT2D eigenvalue weighted by Gasteiger charge is -2.36. The average molecular weight is 266 g/mol. The van der Waals surface area contributed by atoms with Gasteiger partial charge in [-0.15, -0.1) is 0 Å². The minimum absolute atomic E-state index is 0.116. The Labute approximate surface area is 116 Å². The van der Waals surface area contributed by atoms with Crippen LogP contribution in [0.2, 0.25) is 0 Å². The van der Waals surface area contributed by atoms with Crippen LogP contribution in [0.3, 0.4) is 0 Å². The predicted octanol–water partition coefficient (Wildman–Crippen LogP) is 2.38. The molecule has 2 N–H and O–H groups in total. The molecule has 4 heteroatoms. The second kappa shape index (κ2) is 6.91. The third-order valence-electron chi connectivity index (χ3n) is 4.73. The van der Waals surface area contributed by atoms with E-state index in [9.17, 15) is 15.2 Å². The number of hydrogen-bond acceptors (Lipinski definition) is 3. The molecule has 1 aliphatic rings. The van der Waals surface area contributed by atoms with E-state index in [0.717, 1.165) is 25.7 Å². The lowest BCUT2D eigenvalue weighted by atomic mass is 9.74. The summed E-state index contributed by atoms with van der Waals surface area (Å²) in [6.07, 6.45) is 6.41. The van der Waals surface area contributed by atoms with Crippen LogP contribution < -0.4 is 5.32 Å². The van der Waals surface area contributed by atoms with Crippen molar-refractivity contribution in [3.8, 4) is 6.07 Å². The van der Waals surface area contributed by atoms with Crippen LogP contribution >= 0.6 is 0 Å². The first kappa shape index (κ1) is 16.0. The molecule has 1 rings (SSSR count). The van der Waals surface area contributed by atoms with E-state index in [0.29, 0.717) is 19.4 Å². The zero-order valence-corrected chi connectivity index (χ0v) is 12.2. The summed E-state index contributed by atoms with van der Waals surface area (Å²) in [5.41, 5.74) is -1.08. The van der Waals surface area contributed by atoms with Crippen LogP contribution in [0.15, 0.2) is 0 Å². The van der Waals surface area contributed by atoms with Crippen molar-refractivity contribution in [1.29, 1.82) is 5.26 Å². The van der Waals surface area contributed by atoms with Gasteiger partial charge in [-0.3, -0.25) is 4.79 Å². The minimum atomic E-state index is -0.911. The van der Waals surface area contributed by atoms with Gasteiger partial charge in [0.1, 0.15) is 5.41 Å². The standard InChI is InChI=1S/C15H26N2O2/c1-3-15(4-2,10-16)13(19)17-11-14(12-18)8-6-5-7-9-14/h18H,3-9,11-12H2,1-2H3,(H,17,19). The van der Waals surface area contributed by atoms with E-state index in [1.165, 1.54) is 6.42 Å². The van der Waals surface area contributed by atoms with Crippen molar-refractivity contribution in [2.75, 3.05) is 13.2 Å². The number of carbonyl (C=O) groups is 1. The van der Waals surface area contributed by atoms with Gasteiger partial charge >= 0.3 is 0 Å². The van der Waals surface area contributed by atoms with E-state index in [2.05, 4.69) is 11.4 Å². The summed E-state index contributed by atoms with van der Waals surface area (Å²) in [7, 11) is 0. The highest BCUT2D eigenvalue weighted by atomic mass is 16.3. The maximum absolute atomic E-state index is 12.2. The molecule has 0 spiro atoms. The molecule has 0 unspecified atom stereocenters. The number of nitriles is 1. The number of rotatable bonds is 6. The Balaban J connectivity index is 2.64. The van der Waals surface area contributed by atoms with Crippen molar-refractivity contribution < 1.29 is 9.90 Å². The molecule has 0 bridgehead atoms. The molecule has 0 aromatic heterocycles. The van der Waals surface area contributed by atoms with Crippen molar-refractivity contribution in [2.24, 2.45) is 10.8 Å². The molecule has 19 heavy (non-hydrogen) atoms. The number of nitrogens with zero attached hydrogens (tertiary/aromatic N) is 1. The summed E-state index contributed by atoms with van der Waals surface area (Å²) in [6.45, 7) is 4.35. The fourth-order valence-electron chi connectivity index (χ4n) is 2.91. The van der Waals surface area contributed by atoms with E-state index < -0.39 is 5.41 Å². The van der Waals surface area contributed by atoms with E-state index in [-0.39, 0.29) is 17.9 Å². The molecular weight excluding hydrogens is 240 g/mol. The van der Waals surface area contributed by atoms with Crippen molar-refractivity contribution in [1.82, 2.24) is 5.32 Å². The fourth-order valence-corrected chi connectivity index (χ4v) is 2.91. The molecule has 0 saturated heterocycles. The predicted molar refractivity (Wildman–Crippen MR) is 74.2 cm³/mol. The highest BCUT2D eigenvalue weighted by Gasteiger charge is 2.37. The van der Waals surface area contributed by atoms with Gasteiger partial charge in [-0.05, 0) is 25.7 Å². The Bertz CT molecular complexity index is 337. The molecule has 1 aliphatic carbocycles. The molecule has 1 saturated carbocycles. The van der Waals surface area contributed by atoms with Gasteiger partial charge in [0.2, 0.25) is 5.91 Å². The normalized spacial score (nSPS) is 18.6. The van der Waals surface area contributed by atoms with Crippen LogP contribution in [0.4, 0.5) is 0 Å². The number of aliphatic hydroxyl groups is 1. The smallest absolute Gasteiger partial charge is 0.240 e. The van der Waals surface area contributed by atoms with E-state index >= 15 is 0 Å². The van der Waals surface area contributed by atoms with Crippen molar-refractivity contribution >= 4 is 5.91 Å². The molecule has 1 fully saturated rings. The molecule has 0 heterocycles. The van der Waals surface area contributed by atoms with Crippen molar-refractivity contribution in [2.45, 2.75) is 58.8 Å². The lowest BCUT2D eigenvalue weighted by Crippen LogP contribution is -2.46. The Hall–Kier alpha value is -1.08. The number of carbonyl (C=O) groups excluding carboxylic acids is 1. The molecule has 0 aliphatic heterocycles. The van der Waals surface area contributed by atoms with Crippen LogP contribution in [-0.2, 0) is 4.79 Å². The second-order valence-electron chi connectivity index (χ2n) is 5.80. The van der Waals surface area contributed by atoms with Crippen LogP contribution in [0.5, 0.6) is 0 Å². The van der Waals surface area contributed by atoms with Gasteiger partial charge in [0.25, 0.3) is 0 Å². The molecule has 108 valence electrons. The Morgan fingerprint density at radius 2 is 1.89 bits per heavy atom. The SMILES string of the molecule is CCC(C#N)(CC)C(=O)NCC1(CO)CCCCC1. The molecule has 0 atom stereocenters. The van der Waals surface area contributed by atoms with E-state index in [4.69, 9.17) is 0 Å². The molecule has 0 aromatic carbocycles. The molecule has 4 nitrogen and oxygen atoms in total. The average Bonchev–Trinajstić information content (AvgIpc) is 2.48. The fraction of sp³-hybridized carbons (Fsp3) is 0.867. The lowest BCUT2D eigenvalue weighted by molar-refractivity contribution is -0.129. The summed E-state index contributed by atoms with van der Waals surface area (Å²) in [5, 5.41) is 21.8. The summed E-state index contributed by atoms with van der Waals surface area (Å²) < 4.78 is 0. The van der Waals surface area contributed by atoms with Gasteiger partial charge in [0, 0.05) is 12.0 Å². The summed E-state index contributed by atoms with van der Waals surface area (Å²) >= 11 is 0. The Kier molecular flexibility index (Phi) is 5.81. The summed E-state index contributed by atoms with van der Waals surface area (Å²) in [4.78, 5) is 12.2. The van der Waals surface area contributed by atoms with Gasteiger partial charge in [0.05, 0.1) is 12.7 Å². The monoisotopic (exact) mass is 266 g/mol. The van der Waals surface area contributed by atoms with E-state index in [1.54, 1.807) is 0 Å². The van der Waals surface area contributed by atoms with Crippen LogP contribution in [0, 0.1) is 22.2 Å².